The molecule has 0 aromatic heterocycles. The molecule has 1 aromatic carbocycles. The molecule has 0 spiro atoms. The van der Waals surface area contributed by atoms with Crippen molar-refractivity contribution in [3.63, 3.8) is 0 Å². The van der Waals surface area contributed by atoms with E-state index in [0.29, 0.717) is 6.42 Å². The van der Waals surface area contributed by atoms with Gasteiger partial charge in [0, 0.05) is 17.9 Å². The molecule has 1 saturated carbocycles. The first kappa shape index (κ1) is 28.8. The first-order valence-corrected chi connectivity index (χ1v) is 12.1. The van der Waals surface area contributed by atoms with Crippen molar-refractivity contribution in [3.8, 4) is 0 Å². The summed E-state index contributed by atoms with van der Waals surface area (Å²) in [5.41, 5.74) is 2.35. The van der Waals surface area contributed by atoms with E-state index in [9.17, 15) is 29.2 Å². The van der Waals surface area contributed by atoms with Crippen LogP contribution in [0.25, 0.3) is 0 Å². The van der Waals surface area contributed by atoms with Gasteiger partial charge in [-0.2, -0.15) is 0 Å². The lowest BCUT2D eigenvalue weighted by Gasteiger charge is -2.23. The minimum Gasteiger partial charge on any atom is -0.465 e. The maximum absolute atomic E-state index is 12.7. The van der Waals surface area contributed by atoms with Crippen molar-refractivity contribution in [2.24, 2.45) is 11.8 Å². The number of carbonyl (C=O) groups excluding carboxylic acids is 5. The van der Waals surface area contributed by atoms with Crippen molar-refractivity contribution in [2.45, 2.75) is 64.9 Å². The average molecular weight is 506 g/mol. The highest BCUT2D eigenvalue weighted by atomic mass is 16.6. The molecule has 0 heterocycles. The van der Waals surface area contributed by atoms with Gasteiger partial charge >= 0.3 is 11.9 Å². The molecule has 11 heteroatoms. The van der Waals surface area contributed by atoms with Gasteiger partial charge in [-0.1, -0.05) is 20.3 Å². The topological polar surface area (TPSA) is 151 Å². The van der Waals surface area contributed by atoms with Crippen molar-refractivity contribution >= 4 is 29.7 Å². The van der Waals surface area contributed by atoms with Crippen LogP contribution in [0.5, 0.6) is 0 Å². The second kappa shape index (κ2) is 14.2. The molecule has 3 N–H and O–H groups in total. The molecule has 2 rings (SSSR count). The number of ether oxygens (including phenoxy) is 2. The second-order valence-corrected chi connectivity index (χ2v) is 9.21. The molecule has 11 nitrogen and oxygen atoms in total. The Bertz CT molecular complexity index is 926. The standard InChI is InChI=1S/C25H35N3O8/c1-16(2)13-19(23(31)26-15-22(30)36-20-7-5-4-6-8-20)14-21(29)28(34)27-24(32)17-9-11-18(12-10-17)25(33)35-3/h9-12,16,19-20,34H,4-8,13-15H2,1-3H3,(H,26,31)(H,27,32)/t19-/m1/s1. The fourth-order valence-electron chi connectivity index (χ4n) is 3.96. The van der Waals surface area contributed by atoms with Crippen molar-refractivity contribution in [1.29, 1.82) is 0 Å². The summed E-state index contributed by atoms with van der Waals surface area (Å²) in [6, 6.07) is 5.40. The van der Waals surface area contributed by atoms with E-state index in [-0.39, 0.29) is 41.3 Å². The molecule has 1 aliphatic carbocycles. The Morgan fingerprint density at radius 2 is 1.64 bits per heavy atom. The zero-order valence-electron chi connectivity index (χ0n) is 21.0. The molecule has 0 aliphatic heterocycles. The molecule has 1 fully saturated rings. The van der Waals surface area contributed by atoms with Crippen LogP contribution in [-0.2, 0) is 23.9 Å². The maximum atomic E-state index is 12.7. The highest BCUT2D eigenvalue weighted by Crippen LogP contribution is 2.20. The van der Waals surface area contributed by atoms with Gasteiger partial charge in [0.2, 0.25) is 5.91 Å². The summed E-state index contributed by atoms with van der Waals surface area (Å²) in [5.74, 6) is -4.09. The van der Waals surface area contributed by atoms with Crippen LogP contribution in [0.3, 0.4) is 0 Å². The smallest absolute Gasteiger partial charge is 0.337 e. The van der Waals surface area contributed by atoms with Gasteiger partial charge in [-0.25, -0.2) is 10.2 Å². The van der Waals surface area contributed by atoms with Gasteiger partial charge in [0.15, 0.2) is 0 Å². The lowest BCUT2D eigenvalue weighted by molar-refractivity contribution is -0.177. The number of hydrogen-bond donors (Lipinski definition) is 3. The van der Waals surface area contributed by atoms with Gasteiger partial charge in [-0.15, -0.1) is 5.17 Å². The first-order valence-electron chi connectivity index (χ1n) is 12.1. The molecule has 0 unspecified atom stereocenters. The Kier molecular flexibility index (Phi) is 11.3. The number of hydrazine groups is 1. The molecule has 36 heavy (non-hydrogen) atoms. The second-order valence-electron chi connectivity index (χ2n) is 9.21. The zero-order valence-corrected chi connectivity index (χ0v) is 21.0. The normalized spacial score (nSPS) is 14.5. The molecule has 0 radical (unpaired) electrons. The van der Waals surface area contributed by atoms with Gasteiger partial charge in [-0.3, -0.25) is 24.4 Å². The van der Waals surface area contributed by atoms with Crippen LogP contribution < -0.4 is 10.7 Å². The lowest BCUT2D eigenvalue weighted by Crippen LogP contribution is -2.46. The van der Waals surface area contributed by atoms with E-state index in [1.54, 1.807) is 0 Å². The van der Waals surface area contributed by atoms with E-state index in [1.807, 2.05) is 19.3 Å². The molecular weight excluding hydrogens is 470 g/mol. The predicted octanol–water partition coefficient (Wildman–Crippen LogP) is 2.38. The van der Waals surface area contributed by atoms with Gasteiger partial charge in [0.05, 0.1) is 12.7 Å². The molecule has 1 atom stereocenters. The lowest BCUT2D eigenvalue weighted by atomic mass is 9.93. The summed E-state index contributed by atoms with van der Waals surface area (Å²) in [7, 11) is 1.23. The summed E-state index contributed by atoms with van der Waals surface area (Å²) in [4.78, 5) is 61.1. The van der Waals surface area contributed by atoms with E-state index in [0.717, 1.165) is 32.1 Å². The number of hydroxylamine groups is 1. The molecule has 0 bridgehead atoms. The third-order valence-corrected chi connectivity index (χ3v) is 5.82. The Morgan fingerprint density at radius 1 is 1.03 bits per heavy atom. The van der Waals surface area contributed by atoms with Crippen LogP contribution in [-0.4, -0.2) is 59.8 Å². The predicted molar refractivity (Wildman–Crippen MR) is 127 cm³/mol. The number of hydrogen-bond acceptors (Lipinski definition) is 8. The van der Waals surface area contributed by atoms with Crippen LogP contribution in [0.4, 0.5) is 0 Å². The van der Waals surface area contributed by atoms with Crippen LogP contribution in [0, 0.1) is 11.8 Å². The minimum atomic E-state index is -0.903. The molecule has 3 amide bonds. The van der Waals surface area contributed by atoms with Crippen LogP contribution in [0.2, 0.25) is 0 Å². The van der Waals surface area contributed by atoms with E-state index < -0.39 is 35.6 Å². The molecule has 1 aliphatic rings. The van der Waals surface area contributed by atoms with Crippen LogP contribution in [0.1, 0.15) is 79.5 Å². The zero-order chi connectivity index (χ0) is 26.7. The third kappa shape index (κ3) is 9.29. The average Bonchev–Trinajstić information content (AvgIpc) is 2.86. The van der Waals surface area contributed by atoms with Crippen LogP contribution >= 0.6 is 0 Å². The SMILES string of the molecule is COC(=O)c1ccc(C(=O)NN(O)C(=O)C[C@@H](CC(C)C)C(=O)NCC(=O)OC2CCCCC2)cc1. The largest absolute Gasteiger partial charge is 0.465 e. The maximum Gasteiger partial charge on any atom is 0.337 e. The van der Waals surface area contributed by atoms with E-state index >= 15 is 0 Å². The van der Waals surface area contributed by atoms with E-state index in [4.69, 9.17) is 4.74 Å². The summed E-state index contributed by atoms with van der Waals surface area (Å²) in [5, 5.41) is 12.6. The number of nitrogens with zero attached hydrogens (tertiary/aromatic N) is 1. The Hall–Kier alpha value is -3.47. The number of amides is 3. The summed E-state index contributed by atoms with van der Waals surface area (Å²) in [6.45, 7) is 3.44. The fourth-order valence-corrected chi connectivity index (χ4v) is 3.96. The highest BCUT2D eigenvalue weighted by Gasteiger charge is 2.27. The van der Waals surface area contributed by atoms with Gasteiger partial charge < -0.3 is 14.8 Å². The summed E-state index contributed by atoms with van der Waals surface area (Å²) >= 11 is 0. The van der Waals surface area contributed by atoms with Crippen molar-refractivity contribution in [3.05, 3.63) is 35.4 Å². The van der Waals surface area contributed by atoms with Gasteiger partial charge in [-0.05, 0) is 62.3 Å². The molecule has 1 aromatic rings. The number of esters is 2. The van der Waals surface area contributed by atoms with Crippen molar-refractivity contribution in [2.75, 3.05) is 13.7 Å². The first-order chi connectivity index (χ1) is 17.1. The monoisotopic (exact) mass is 505 g/mol. The quantitative estimate of drug-likeness (QED) is 0.249. The highest BCUT2D eigenvalue weighted by molar-refractivity contribution is 5.97. The van der Waals surface area contributed by atoms with E-state index in [2.05, 4.69) is 10.1 Å². The molecule has 198 valence electrons. The number of methoxy groups -OCH3 is 1. The van der Waals surface area contributed by atoms with Crippen molar-refractivity contribution in [1.82, 2.24) is 15.9 Å². The Balaban J connectivity index is 1.89. The number of benzene rings is 1. The number of rotatable bonds is 10. The third-order valence-electron chi connectivity index (χ3n) is 5.82. The molecular formula is C25H35N3O8. The van der Waals surface area contributed by atoms with Crippen molar-refractivity contribution < 1.29 is 38.7 Å². The minimum absolute atomic E-state index is 0.0362. The summed E-state index contributed by atoms with van der Waals surface area (Å²) < 4.78 is 9.98. The van der Waals surface area contributed by atoms with E-state index in [1.165, 1.54) is 31.4 Å². The summed E-state index contributed by atoms with van der Waals surface area (Å²) in [6.07, 6.45) is 4.59. The Morgan fingerprint density at radius 3 is 2.22 bits per heavy atom. The Labute approximate surface area is 210 Å². The van der Waals surface area contributed by atoms with Gasteiger partial charge in [0.25, 0.3) is 11.8 Å². The number of nitrogens with one attached hydrogen (secondary N) is 2. The number of carbonyl (C=O) groups is 5. The fraction of sp³-hybridized carbons (Fsp3) is 0.560. The molecule has 0 saturated heterocycles. The van der Waals surface area contributed by atoms with Crippen LogP contribution in [0.15, 0.2) is 24.3 Å². The van der Waals surface area contributed by atoms with Gasteiger partial charge in [0.1, 0.15) is 12.6 Å².